The molecule has 0 radical (unpaired) electrons. The number of fused-ring (bicyclic) bond motifs is 3. The predicted octanol–water partition coefficient (Wildman–Crippen LogP) is 5.96. The number of hydrogen-bond donors (Lipinski definition) is 2. The van der Waals surface area contributed by atoms with Crippen molar-refractivity contribution in [1.29, 1.82) is 0 Å². The molecule has 0 fully saturated rings. The summed E-state index contributed by atoms with van der Waals surface area (Å²) < 4.78 is 50.0. The van der Waals surface area contributed by atoms with Gasteiger partial charge in [0.25, 0.3) is 5.69 Å². The first-order valence-electron chi connectivity index (χ1n) is 10.0. The van der Waals surface area contributed by atoms with E-state index in [1.807, 2.05) is 24.3 Å². The number of hydrogen-bond acceptors (Lipinski definition) is 6. The molecule has 1 heterocycles. The van der Waals surface area contributed by atoms with E-state index in [0.717, 1.165) is 16.8 Å². The van der Waals surface area contributed by atoms with Gasteiger partial charge in [-0.05, 0) is 31.2 Å². The standard InChI is InChI=1S/C23H18F3N3O5/c1-12(27-16-8-7-13(23(24,25)26)9-18(16)29(31)32)22(30)28-17-11-20-15(10-21(17)33-2)14-5-3-4-6-19(14)34-20/h3-12,27H,1-2H3,(H,28,30)/t12-/m0/s1. The molecule has 3 aromatic carbocycles. The first-order valence-corrected chi connectivity index (χ1v) is 10.0. The molecule has 2 N–H and O–H groups in total. The number of anilines is 2. The molecule has 1 atom stereocenters. The zero-order valence-electron chi connectivity index (χ0n) is 17.9. The van der Waals surface area contributed by atoms with E-state index >= 15 is 0 Å². The van der Waals surface area contributed by atoms with E-state index in [9.17, 15) is 28.1 Å². The van der Waals surface area contributed by atoms with Crippen LogP contribution < -0.4 is 15.4 Å². The van der Waals surface area contributed by atoms with E-state index in [-0.39, 0.29) is 5.69 Å². The maximum absolute atomic E-state index is 12.9. The third kappa shape index (κ3) is 4.32. The number of nitro benzene ring substituents is 1. The number of carbonyl (C=O) groups excluding carboxylic acids is 1. The van der Waals surface area contributed by atoms with Crippen molar-refractivity contribution in [3.63, 3.8) is 0 Å². The summed E-state index contributed by atoms with van der Waals surface area (Å²) >= 11 is 0. The fourth-order valence-corrected chi connectivity index (χ4v) is 3.54. The molecule has 0 bridgehead atoms. The highest BCUT2D eigenvalue weighted by Gasteiger charge is 2.33. The number of amides is 1. The molecule has 0 saturated heterocycles. The van der Waals surface area contributed by atoms with Gasteiger partial charge in [0.1, 0.15) is 28.6 Å². The van der Waals surface area contributed by atoms with Crippen molar-refractivity contribution in [2.45, 2.75) is 19.1 Å². The van der Waals surface area contributed by atoms with Crippen LogP contribution in [0.5, 0.6) is 5.75 Å². The van der Waals surface area contributed by atoms with E-state index in [1.54, 1.807) is 12.1 Å². The summed E-state index contributed by atoms with van der Waals surface area (Å²) in [7, 11) is 1.44. The Hall–Kier alpha value is -4.28. The molecule has 34 heavy (non-hydrogen) atoms. The van der Waals surface area contributed by atoms with Crippen molar-refractivity contribution in [2.24, 2.45) is 0 Å². The van der Waals surface area contributed by atoms with Crippen LogP contribution >= 0.6 is 0 Å². The second-order valence-electron chi connectivity index (χ2n) is 7.49. The highest BCUT2D eigenvalue weighted by molar-refractivity contribution is 6.08. The molecule has 0 aliphatic carbocycles. The number of nitrogens with one attached hydrogen (secondary N) is 2. The minimum absolute atomic E-state index is 0.222. The lowest BCUT2D eigenvalue weighted by molar-refractivity contribution is -0.384. The van der Waals surface area contributed by atoms with Crippen LogP contribution in [0.4, 0.5) is 30.2 Å². The number of furan rings is 1. The van der Waals surface area contributed by atoms with E-state index < -0.39 is 34.3 Å². The normalized spacial score (nSPS) is 12.5. The van der Waals surface area contributed by atoms with Crippen LogP contribution in [-0.2, 0) is 11.0 Å². The number of halogens is 3. The quantitative estimate of drug-likeness (QED) is 0.264. The summed E-state index contributed by atoms with van der Waals surface area (Å²) in [6.07, 6.45) is -4.74. The van der Waals surface area contributed by atoms with Crippen molar-refractivity contribution in [3.8, 4) is 5.75 Å². The number of nitrogens with zero attached hydrogens (tertiary/aromatic N) is 1. The van der Waals surface area contributed by atoms with Crippen molar-refractivity contribution in [1.82, 2.24) is 0 Å². The average Bonchev–Trinajstić information content (AvgIpc) is 3.15. The summed E-state index contributed by atoms with van der Waals surface area (Å²) in [5.74, 6) is -0.233. The van der Waals surface area contributed by atoms with Crippen LogP contribution in [0.3, 0.4) is 0 Å². The number of rotatable bonds is 6. The highest BCUT2D eigenvalue weighted by atomic mass is 19.4. The van der Waals surface area contributed by atoms with Gasteiger partial charge in [-0.2, -0.15) is 13.2 Å². The maximum Gasteiger partial charge on any atom is 0.416 e. The topological polar surface area (TPSA) is 107 Å². The maximum atomic E-state index is 12.9. The Kier molecular flexibility index (Phi) is 5.78. The van der Waals surface area contributed by atoms with E-state index in [1.165, 1.54) is 14.0 Å². The highest BCUT2D eigenvalue weighted by Crippen LogP contribution is 2.37. The van der Waals surface area contributed by atoms with Gasteiger partial charge in [0, 0.05) is 22.9 Å². The van der Waals surface area contributed by atoms with Gasteiger partial charge in [-0.3, -0.25) is 14.9 Å². The monoisotopic (exact) mass is 473 g/mol. The number of benzene rings is 3. The van der Waals surface area contributed by atoms with Crippen LogP contribution in [0, 0.1) is 10.1 Å². The Morgan fingerprint density at radius 3 is 2.47 bits per heavy atom. The zero-order valence-corrected chi connectivity index (χ0v) is 17.9. The SMILES string of the molecule is COc1cc2c(cc1NC(=O)[C@H](C)Nc1ccc(C(F)(F)F)cc1[N+](=O)[O-])oc1ccccc12. The Balaban J connectivity index is 1.59. The fraction of sp³-hybridized carbons (Fsp3) is 0.174. The fourth-order valence-electron chi connectivity index (χ4n) is 3.54. The van der Waals surface area contributed by atoms with Crippen LogP contribution in [0.1, 0.15) is 12.5 Å². The smallest absolute Gasteiger partial charge is 0.416 e. The van der Waals surface area contributed by atoms with Gasteiger partial charge in [-0.15, -0.1) is 0 Å². The molecule has 8 nitrogen and oxygen atoms in total. The third-order valence-electron chi connectivity index (χ3n) is 5.24. The minimum Gasteiger partial charge on any atom is -0.495 e. The van der Waals surface area contributed by atoms with Crippen molar-refractivity contribution in [2.75, 3.05) is 17.7 Å². The Morgan fingerprint density at radius 2 is 1.79 bits per heavy atom. The summed E-state index contributed by atoms with van der Waals surface area (Å²) in [5.41, 5.74) is -0.708. The molecule has 1 amide bonds. The molecule has 11 heteroatoms. The lowest BCUT2D eigenvalue weighted by Crippen LogP contribution is -2.32. The summed E-state index contributed by atoms with van der Waals surface area (Å²) in [4.78, 5) is 23.1. The van der Waals surface area contributed by atoms with Crippen LogP contribution in [0.25, 0.3) is 21.9 Å². The van der Waals surface area contributed by atoms with Gasteiger partial charge in [0.15, 0.2) is 0 Å². The van der Waals surface area contributed by atoms with Gasteiger partial charge in [-0.1, -0.05) is 18.2 Å². The molecule has 176 valence electrons. The molecule has 0 saturated carbocycles. The van der Waals surface area contributed by atoms with Gasteiger partial charge < -0.3 is 19.8 Å². The Bertz CT molecular complexity index is 1410. The van der Waals surface area contributed by atoms with Gasteiger partial charge in [-0.25, -0.2) is 0 Å². The number of methoxy groups -OCH3 is 1. The molecular weight excluding hydrogens is 455 g/mol. The Labute approximate surface area is 190 Å². The molecule has 0 unspecified atom stereocenters. The van der Waals surface area contributed by atoms with E-state index in [0.29, 0.717) is 34.7 Å². The number of ether oxygens (including phenoxy) is 1. The number of carbonyl (C=O) groups is 1. The van der Waals surface area contributed by atoms with Crippen LogP contribution in [0.15, 0.2) is 59.0 Å². The average molecular weight is 473 g/mol. The second-order valence-corrected chi connectivity index (χ2v) is 7.49. The van der Waals surface area contributed by atoms with Gasteiger partial charge >= 0.3 is 6.18 Å². The third-order valence-corrected chi connectivity index (χ3v) is 5.24. The molecular formula is C23H18F3N3O5. The lowest BCUT2D eigenvalue weighted by atomic mass is 10.1. The zero-order chi connectivity index (χ0) is 24.6. The minimum atomic E-state index is -4.74. The van der Waals surface area contributed by atoms with Crippen molar-refractivity contribution in [3.05, 3.63) is 70.3 Å². The molecule has 0 aliphatic rings. The Morgan fingerprint density at radius 1 is 1.06 bits per heavy atom. The van der Waals surface area contributed by atoms with Crippen LogP contribution in [-0.4, -0.2) is 24.0 Å². The molecule has 4 rings (SSSR count). The largest absolute Gasteiger partial charge is 0.495 e. The van der Waals surface area contributed by atoms with Crippen molar-refractivity contribution >= 4 is 44.9 Å². The van der Waals surface area contributed by atoms with Crippen LogP contribution in [0.2, 0.25) is 0 Å². The van der Waals surface area contributed by atoms with Gasteiger partial charge in [0.2, 0.25) is 5.91 Å². The molecule has 1 aromatic heterocycles. The lowest BCUT2D eigenvalue weighted by Gasteiger charge is -2.17. The van der Waals surface area contributed by atoms with E-state index in [2.05, 4.69) is 10.6 Å². The first kappa shape index (κ1) is 22.9. The van der Waals surface area contributed by atoms with Crippen molar-refractivity contribution < 1.29 is 32.0 Å². The summed E-state index contributed by atoms with van der Waals surface area (Å²) in [6, 6.07) is 11.7. The van der Waals surface area contributed by atoms with E-state index in [4.69, 9.17) is 9.15 Å². The predicted molar refractivity (Wildman–Crippen MR) is 120 cm³/mol. The second kappa shape index (κ2) is 8.58. The number of nitro groups is 1. The number of alkyl halides is 3. The molecule has 0 spiro atoms. The first-order chi connectivity index (χ1) is 16.1. The number of para-hydroxylation sites is 1. The van der Waals surface area contributed by atoms with Gasteiger partial charge in [0.05, 0.1) is 23.3 Å². The molecule has 4 aromatic rings. The molecule has 0 aliphatic heterocycles. The summed E-state index contributed by atoms with van der Waals surface area (Å²) in [6.45, 7) is 1.42. The summed E-state index contributed by atoms with van der Waals surface area (Å²) in [5, 5.41) is 18.2.